The first-order valence-electron chi connectivity index (χ1n) is 21.1. The average molecular weight is 795 g/mol. The molecule has 11 rings (SSSR count). The molecule has 0 saturated heterocycles. The molecule has 1 aliphatic rings. The van der Waals surface area contributed by atoms with Crippen molar-refractivity contribution >= 4 is 33.9 Å². The molecule has 2 N–H and O–H groups in total. The number of hydrogen-bond acceptors (Lipinski definition) is 2. The zero-order valence-corrected chi connectivity index (χ0v) is 34.0. The molecule has 0 spiro atoms. The summed E-state index contributed by atoms with van der Waals surface area (Å²) in [6.45, 7) is 0. The molecule has 0 aliphatic heterocycles. The van der Waals surface area contributed by atoms with Crippen LogP contribution in [0.3, 0.4) is 0 Å². The molecular formula is C58H42N4. The maximum Gasteiger partial charge on any atom is 0.167 e. The topological polar surface area (TPSA) is 55.7 Å². The van der Waals surface area contributed by atoms with Gasteiger partial charge in [0.15, 0.2) is 6.17 Å². The number of benzene rings is 9. The lowest BCUT2D eigenvalue weighted by molar-refractivity contribution is 0.769. The smallest absolute Gasteiger partial charge is 0.167 e. The summed E-state index contributed by atoms with van der Waals surface area (Å²) in [4.78, 5) is 10.2. The molecule has 294 valence electrons. The minimum atomic E-state index is -0.592. The Bertz CT molecular complexity index is 3240. The van der Waals surface area contributed by atoms with Gasteiger partial charge in [0.05, 0.1) is 16.4 Å². The van der Waals surface area contributed by atoms with Crippen molar-refractivity contribution in [3.05, 3.63) is 269 Å². The third kappa shape index (κ3) is 6.24. The Morgan fingerprint density at radius 3 is 1.82 bits per heavy atom. The molecule has 4 heteroatoms. The number of amidine groups is 1. The largest absolute Gasteiger partial charge is 0.383 e. The molecular weight excluding hydrogens is 753 g/mol. The second kappa shape index (κ2) is 15.5. The molecule has 4 nitrogen and oxygen atoms in total. The van der Waals surface area contributed by atoms with Crippen molar-refractivity contribution in [3.8, 4) is 27.9 Å². The first-order valence-corrected chi connectivity index (χ1v) is 21.1. The first-order chi connectivity index (χ1) is 30.7. The van der Waals surface area contributed by atoms with Crippen molar-refractivity contribution in [1.29, 1.82) is 0 Å². The highest BCUT2D eigenvalue weighted by atomic mass is 15.0. The number of para-hydroxylation sites is 1. The van der Waals surface area contributed by atoms with Gasteiger partial charge in [0.25, 0.3) is 0 Å². The predicted molar refractivity (Wildman–Crippen MR) is 257 cm³/mol. The van der Waals surface area contributed by atoms with Gasteiger partial charge < -0.3 is 10.3 Å². The average Bonchev–Trinajstić information content (AvgIpc) is 3.83. The van der Waals surface area contributed by atoms with Crippen LogP contribution in [0.2, 0.25) is 0 Å². The van der Waals surface area contributed by atoms with E-state index in [2.05, 4.69) is 187 Å². The summed E-state index contributed by atoms with van der Waals surface area (Å²) < 4.78 is 2.40. The number of fused-ring (bicyclic) bond motifs is 6. The number of aliphatic imine (C=N–C) groups is 2. The predicted octanol–water partition coefficient (Wildman–Crippen LogP) is 13.3. The molecule has 0 bridgehead atoms. The summed E-state index contributed by atoms with van der Waals surface area (Å²) in [5, 5.41) is 2.40. The summed E-state index contributed by atoms with van der Waals surface area (Å²) in [5.74, 6) is 0.427. The Hall–Kier alpha value is -8.08. The molecule has 1 atom stereocenters. The summed E-state index contributed by atoms with van der Waals surface area (Å²) in [5.41, 5.74) is 22.3. The molecule has 0 amide bonds. The Morgan fingerprint density at radius 2 is 1.10 bits per heavy atom. The molecule has 62 heavy (non-hydrogen) atoms. The van der Waals surface area contributed by atoms with Crippen molar-refractivity contribution in [3.63, 3.8) is 0 Å². The lowest BCUT2D eigenvalue weighted by Crippen LogP contribution is -2.28. The molecule has 0 saturated carbocycles. The summed E-state index contributed by atoms with van der Waals surface area (Å²) in [6.07, 6.45) is 1.30. The number of nitrogens with two attached hydrogens (primary N) is 1. The van der Waals surface area contributed by atoms with Crippen molar-refractivity contribution in [2.45, 2.75) is 11.6 Å². The highest BCUT2D eigenvalue weighted by molar-refractivity contribution is 6.12. The third-order valence-corrected chi connectivity index (χ3v) is 12.4. The van der Waals surface area contributed by atoms with Crippen molar-refractivity contribution in [1.82, 2.24) is 4.57 Å². The molecule has 1 aromatic heterocycles. The van der Waals surface area contributed by atoms with E-state index in [0.717, 1.165) is 44.5 Å². The van der Waals surface area contributed by atoms with Gasteiger partial charge in [-0.1, -0.05) is 200 Å². The first kappa shape index (κ1) is 37.0. The molecule has 1 aliphatic carbocycles. The number of nitrogens with zero attached hydrogens (tertiary/aromatic N) is 3. The van der Waals surface area contributed by atoms with Crippen molar-refractivity contribution in [2.24, 2.45) is 15.7 Å². The van der Waals surface area contributed by atoms with Crippen LogP contribution >= 0.6 is 0 Å². The minimum absolute atomic E-state index is 0.427. The van der Waals surface area contributed by atoms with E-state index in [1.807, 2.05) is 54.7 Å². The van der Waals surface area contributed by atoms with E-state index in [9.17, 15) is 0 Å². The highest BCUT2D eigenvalue weighted by Gasteiger charge is 2.46. The second-order valence-electron chi connectivity index (χ2n) is 15.9. The Labute approximate surface area is 361 Å². The number of hydrogen-bond donors (Lipinski definition) is 1. The van der Waals surface area contributed by atoms with E-state index in [0.29, 0.717) is 5.84 Å². The summed E-state index contributed by atoms with van der Waals surface area (Å²) >= 11 is 0. The lowest BCUT2D eigenvalue weighted by Gasteiger charge is -2.33. The zero-order chi connectivity index (χ0) is 41.5. The molecule has 1 unspecified atom stereocenters. The van der Waals surface area contributed by atoms with Crippen LogP contribution < -0.4 is 5.73 Å². The van der Waals surface area contributed by atoms with Gasteiger partial charge in [-0.3, -0.25) is 4.99 Å². The molecule has 10 aromatic rings. The van der Waals surface area contributed by atoms with Crippen LogP contribution in [-0.4, -0.2) is 16.6 Å². The van der Waals surface area contributed by atoms with E-state index in [1.165, 1.54) is 44.2 Å². The van der Waals surface area contributed by atoms with Crippen LogP contribution in [0.5, 0.6) is 0 Å². The maximum absolute atomic E-state index is 6.84. The lowest BCUT2D eigenvalue weighted by atomic mass is 9.67. The SMILES string of the molecule is N/C(=N\C(/N=C/c1ccccc1)c1cccc(-n2c3ccccc3c3cc4c(cc32)-c2ccccc2C4(c2ccccc2)c2ccccc2)c1)c1ccc(-c2ccccc2)cc1. The normalized spacial score (nSPS) is 13.6. The van der Waals surface area contributed by atoms with Crippen LogP contribution in [0.15, 0.2) is 241 Å². The van der Waals surface area contributed by atoms with Gasteiger partial charge in [0.1, 0.15) is 5.84 Å². The fraction of sp³-hybridized carbons (Fsp3) is 0.0345. The van der Waals surface area contributed by atoms with Crippen LogP contribution in [-0.2, 0) is 5.41 Å². The van der Waals surface area contributed by atoms with E-state index < -0.39 is 11.6 Å². The van der Waals surface area contributed by atoms with Gasteiger partial charge in [-0.2, -0.15) is 0 Å². The van der Waals surface area contributed by atoms with Gasteiger partial charge in [-0.15, -0.1) is 0 Å². The Kier molecular flexibility index (Phi) is 9.24. The van der Waals surface area contributed by atoms with Gasteiger partial charge in [-0.05, 0) is 80.4 Å². The van der Waals surface area contributed by atoms with Gasteiger partial charge >= 0.3 is 0 Å². The summed E-state index contributed by atoms with van der Waals surface area (Å²) in [6, 6.07) is 81.9. The van der Waals surface area contributed by atoms with Gasteiger partial charge in [0, 0.05) is 33.8 Å². The van der Waals surface area contributed by atoms with Crippen molar-refractivity contribution in [2.75, 3.05) is 0 Å². The minimum Gasteiger partial charge on any atom is -0.383 e. The van der Waals surface area contributed by atoms with Crippen LogP contribution in [0.25, 0.3) is 49.7 Å². The quantitative estimate of drug-likeness (QED) is 0.115. The van der Waals surface area contributed by atoms with E-state index in [-0.39, 0.29) is 0 Å². The second-order valence-corrected chi connectivity index (χ2v) is 15.9. The standard InChI is InChI=1S/C58H42N4/c59-56(43-34-32-42(33-35-43)41-20-7-2-8-21-41)61-57(60-39-40-18-5-1-6-19-40)44-22-17-27-47(36-44)62-54-31-16-14-29-49(54)51-37-53-50(38-55(51)62)48-28-13-15-30-52(48)58(53,45-23-9-3-10-24-45)46-25-11-4-12-26-46/h1-39,57H,(H2,59,61)/b60-39+. The van der Waals surface area contributed by atoms with Crippen LogP contribution in [0, 0.1) is 0 Å². The van der Waals surface area contributed by atoms with Gasteiger partial charge in [-0.25, -0.2) is 4.99 Å². The van der Waals surface area contributed by atoms with E-state index in [1.54, 1.807) is 0 Å². The Morgan fingerprint density at radius 1 is 0.484 bits per heavy atom. The van der Waals surface area contributed by atoms with Crippen molar-refractivity contribution < 1.29 is 0 Å². The molecule has 0 fully saturated rings. The zero-order valence-electron chi connectivity index (χ0n) is 34.0. The van der Waals surface area contributed by atoms with E-state index in [4.69, 9.17) is 15.7 Å². The van der Waals surface area contributed by atoms with Crippen LogP contribution in [0.4, 0.5) is 0 Å². The van der Waals surface area contributed by atoms with Gasteiger partial charge in [0.2, 0.25) is 0 Å². The molecule has 9 aromatic carbocycles. The third-order valence-electron chi connectivity index (χ3n) is 12.4. The fourth-order valence-corrected chi connectivity index (χ4v) is 9.57. The highest BCUT2D eigenvalue weighted by Crippen LogP contribution is 2.57. The Balaban J connectivity index is 1.08. The van der Waals surface area contributed by atoms with E-state index >= 15 is 0 Å². The molecule has 1 heterocycles. The monoisotopic (exact) mass is 794 g/mol. The number of rotatable bonds is 9. The summed E-state index contributed by atoms with van der Waals surface area (Å²) in [7, 11) is 0. The fourth-order valence-electron chi connectivity index (χ4n) is 9.57. The van der Waals surface area contributed by atoms with Crippen LogP contribution in [0.1, 0.15) is 45.1 Å². The maximum atomic E-state index is 6.84. The molecule has 0 radical (unpaired) electrons. The number of aromatic nitrogens is 1.